The van der Waals surface area contributed by atoms with E-state index in [1.165, 1.54) is 11.1 Å². The van der Waals surface area contributed by atoms with Gasteiger partial charge in [0.15, 0.2) is 0 Å². The molecule has 0 aromatic heterocycles. The van der Waals surface area contributed by atoms with Crippen molar-refractivity contribution in [2.45, 2.75) is 74.7 Å². The van der Waals surface area contributed by atoms with Crippen molar-refractivity contribution in [2.24, 2.45) is 16.7 Å². The molecule has 0 fully saturated rings. The summed E-state index contributed by atoms with van der Waals surface area (Å²) in [5.41, 5.74) is 2.63. The first kappa shape index (κ1) is 24.7. The number of carbonyl (C=O) groups is 1. The van der Waals surface area contributed by atoms with Crippen LogP contribution in [0.3, 0.4) is 0 Å². The van der Waals surface area contributed by atoms with Gasteiger partial charge in [-0.3, -0.25) is 4.79 Å². The Morgan fingerprint density at radius 3 is 2.14 bits per heavy atom. The molecule has 0 aliphatic heterocycles. The highest BCUT2D eigenvalue weighted by molar-refractivity contribution is 5.76. The van der Waals surface area contributed by atoms with Crippen molar-refractivity contribution in [3.05, 3.63) is 35.4 Å². The summed E-state index contributed by atoms with van der Waals surface area (Å²) in [6, 6.07) is 8.49. The van der Waals surface area contributed by atoms with Crippen LogP contribution in [0.2, 0.25) is 0 Å². The molecule has 0 aliphatic carbocycles. The first-order valence-electron chi connectivity index (χ1n) is 10.9. The molecule has 0 saturated carbocycles. The van der Waals surface area contributed by atoms with Crippen molar-refractivity contribution in [3.63, 3.8) is 0 Å². The van der Waals surface area contributed by atoms with E-state index in [9.17, 15) is 4.79 Å². The van der Waals surface area contributed by atoms with E-state index in [0.717, 1.165) is 32.5 Å². The number of carbonyl (C=O) groups excluding carboxylic acids is 1. The maximum atomic E-state index is 13.0. The van der Waals surface area contributed by atoms with Crippen molar-refractivity contribution < 1.29 is 9.53 Å². The summed E-state index contributed by atoms with van der Waals surface area (Å²) in [7, 11) is 0. The molecule has 1 rings (SSSR count). The zero-order valence-corrected chi connectivity index (χ0v) is 19.6. The molecular formula is C25H43NO2. The number of aryl methyl sites for hydroxylation is 2. The summed E-state index contributed by atoms with van der Waals surface area (Å²) in [5, 5.41) is 0. The molecule has 160 valence electrons. The van der Waals surface area contributed by atoms with Crippen LogP contribution in [0.15, 0.2) is 24.3 Å². The number of rotatable bonds is 12. The molecule has 0 bridgehead atoms. The average molecular weight is 390 g/mol. The number of hydrogen-bond donors (Lipinski definition) is 0. The van der Waals surface area contributed by atoms with Gasteiger partial charge in [-0.05, 0) is 36.7 Å². The van der Waals surface area contributed by atoms with Crippen LogP contribution < -0.4 is 0 Å². The smallest absolute Gasteiger partial charge is 0.222 e. The minimum Gasteiger partial charge on any atom is -0.380 e. The summed E-state index contributed by atoms with van der Waals surface area (Å²) < 4.78 is 6.04. The van der Waals surface area contributed by atoms with Crippen molar-refractivity contribution in [1.29, 1.82) is 0 Å². The van der Waals surface area contributed by atoms with Crippen molar-refractivity contribution in [2.75, 3.05) is 26.3 Å². The van der Waals surface area contributed by atoms with E-state index in [-0.39, 0.29) is 16.7 Å². The Balaban J connectivity index is 2.64. The highest BCUT2D eigenvalue weighted by atomic mass is 16.5. The fourth-order valence-corrected chi connectivity index (χ4v) is 3.13. The van der Waals surface area contributed by atoms with E-state index < -0.39 is 0 Å². The lowest BCUT2D eigenvalue weighted by molar-refractivity contribution is -0.134. The van der Waals surface area contributed by atoms with Gasteiger partial charge in [0.2, 0.25) is 5.91 Å². The summed E-state index contributed by atoms with van der Waals surface area (Å²) in [6.45, 7) is 20.5. The third-order valence-corrected chi connectivity index (χ3v) is 5.25. The van der Waals surface area contributed by atoms with E-state index in [2.05, 4.69) is 79.7 Å². The second-order valence-corrected chi connectivity index (χ2v) is 10.3. The average Bonchev–Trinajstić information content (AvgIpc) is 2.59. The lowest BCUT2D eigenvalue weighted by Crippen LogP contribution is -2.43. The standard InChI is InChI=1S/C25H43NO2/c1-9-24(5,6)18-28-19-25(7,8)17-26(16-20(2)3)23(27)15-14-22-12-10-21(4)11-13-22/h10-13,20H,9,14-19H2,1-8H3. The Kier molecular flexibility index (Phi) is 9.69. The van der Waals surface area contributed by atoms with E-state index in [0.29, 0.717) is 18.9 Å². The Morgan fingerprint density at radius 2 is 1.61 bits per heavy atom. The maximum Gasteiger partial charge on any atom is 0.222 e. The van der Waals surface area contributed by atoms with Crippen LogP contribution >= 0.6 is 0 Å². The van der Waals surface area contributed by atoms with Crippen LogP contribution in [0, 0.1) is 23.7 Å². The first-order chi connectivity index (χ1) is 12.9. The van der Waals surface area contributed by atoms with Crippen molar-refractivity contribution in [3.8, 4) is 0 Å². The fourth-order valence-electron chi connectivity index (χ4n) is 3.13. The summed E-state index contributed by atoms with van der Waals surface area (Å²) in [5.74, 6) is 0.704. The molecule has 1 amide bonds. The van der Waals surface area contributed by atoms with Gasteiger partial charge in [0.05, 0.1) is 13.2 Å². The molecule has 0 N–H and O–H groups in total. The zero-order chi connectivity index (χ0) is 21.4. The Morgan fingerprint density at radius 1 is 1.04 bits per heavy atom. The van der Waals surface area contributed by atoms with Gasteiger partial charge >= 0.3 is 0 Å². The number of hydrogen-bond acceptors (Lipinski definition) is 2. The third-order valence-electron chi connectivity index (χ3n) is 5.25. The first-order valence-corrected chi connectivity index (χ1v) is 10.9. The van der Waals surface area contributed by atoms with E-state index in [4.69, 9.17) is 4.74 Å². The highest BCUT2D eigenvalue weighted by Gasteiger charge is 2.27. The molecule has 0 aliphatic rings. The second kappa shape index (κ2) is 11.0. The minimum atomic E-state index is -0.0573. The van der Waals surface area contributed by atoms with Crippen LogP contribution in [0.25, 0.3) is 0 Å². The largest absolute Gasteiger partial charge is 0.380 e. The minimum absolute atomic E-state index is 0.0573. The Hall–Kier alpha value is -1.35. The molecule has 0 heterocycles. The summed E-state index contributed by atoms with van der Waals surface area (Å²) in [4.78, 5) is 15.0. The molecule has 0 radical (unpaired) electrons. The van der Waals surface area contributed by atoms with Gasteiger partial charge in [-0.15, -0.1) is 0 Å². The van der Waals surface area contributed by atoms with E-state index >= 15 is 0 Å². The highest BCUT2D eigenvalue weighted by Crippen LogP contribution is 2.24. The maximum absolute atomic E-state index is 13.0. The predicted octanol–water partition coefficient (Wildman–Crippen LogP) is 5.89. The molecule has 0 unspecified atom stereocenters. The lowest BCUT2D eigenvalue weighted by atomic mass is 9.90. The normalized spacial score (nSPS) is 12.5. The molecule has 0 spiro atoms. The molecular weight excluding hydrogens is 346 g/mol. The molecule has 28 heavy (non-hydrogen) atoms. The Bertz CT molecular complexity index is 587. The van der Waals surface area contributed by atoms with Crippen LogP contribution in [0.4, 0.5) is 0 Å². The molecule has 0 saturated heterocycles. The second-order valence-electron chi connectivity index (χ2n) is 10.3. The van der Waals surface area contributed by atoms with Gasteiger partial charge < -0.3 is 9.64 Å². The van der Waals surface area contributed by atoms with Gasteiger partial charge in [0, 0.05) is 24.9 Å². The summed E-state index contributed by atoms with van der Waals surface area (Å²) in [6.07, 6.45) is 2.47. The van der Waals surface area contributed by atoms with Gasteiger partial charge in [-0.25, -0.2) is 0 Å². The number of amides is 1. The topological polar surface area (TPSA) is 29.5 Å². The van der Waals surface area contributed by atoms with Crippen LogP contribution in [0.1, 0.15) is 72.4 Å². The zero-order valence-electron chi connectivity index (χ0n) is 19.6. The van der Waals surface area contributed by atoms with Gasteiger partial charge in [0.1, 0.15) is 0 Å². The van der Waals surface area contributed by atoms with Gasteiger partial charge in [-0.2, -0.15) is 0 Å². The number of nitrogens with zero attached hydrogens (tertiary/aromatic N) is 1. The van der Waals surface area contributed by atoms with Crippen LogP contribution in [-0.2, 0) is 16.0 Å². The molecule has 1 aromatic carbocycles. The van der Waals surface area contributed by atoms with E-state index in [1.54, 1.807) is 0 Å². The van der Waals surface area contributed by atoms with Crippen LogP contribution in [0.5, 0.6) is 0 Å². The van der Waals surface area contributed by atoms with Crippen LogP contribution in [-0.4, -0.2) is 37.1 Å². The van der Waals surface area contributed by atoms with Crippen molar-refractivity contribution in [1.82, 2.24) is 4.90 Å². The fraction of sp³-hybridized carbons (Fsp3) is 0.720. The molecule has 0 atom stereocenters. The predicted molar refractivity (Wildman–Crippen MR) is 120 cm³/mol. The van der Waals surface area contributed by atoms with Gasteiger partial charge in [-0.1, -0.05) is 78.3 Å². The Labute approximate surface area is 173 Å². The van der Waals surface area contributed by atoms with E-state index in [1.807, 2.05) is 4.90 Å². The molecule has 3 heteroatoms. The number of ether oxygens (including phenoxy) is 1. The molecule has 3 nitrogen and oxygen atoms in total. The van der Waals surface area contributed by atoms with Crippen molar-refractivity contribution >= 4 is 5.91 Å². The lowest BCUT2D eigenvalue weighted by Gasteiger charge is -2.35. The third kappa shape index (κ3) is 9.73. The number of benzene rings is 1. The molecule has 1 aromatic rings. The monoisotopic (exact) mass is 389 g/mol. The SMILES string of the molecule is CCC(C)(C)COCC(C)(C)CN(CC(C)C)C(=O)CCc1ccc(C)cc1. The van der Waals surface area contributed by atoms with Gasteiger partial charge in [0.25, 0.3) is 0 Å². The summed E-state index contributed by atoms with van der Waals surface area (Å²) >= 11 is 0. The quantitative estimate of drug-likeness (QED) is 0.446.